The third-order valence-electron chi connectivity index (χ3n) is 5.80. The maximum atomic E-state index is 11.9. The van der Waals surface area contributed by atoms with E-state index in [1.165, 1.54) is 0 Å². The normalized spacial score (nSPS) is 20.1. The monoisotopic (exact) mass is 609 g/mol. The molecule has 9 N–H and O–H groups in total. The van der Waals surface area contributed by atoms with Crippen molar-refractivity contribution in [2.45, 2.75) is 63.1 Å². The van der Waals surface area contributed by atoms with E-state index in [9.17, 15) is 34.5 Å². The Balaban J connectivity index is 1.83. The summed E-state index contributed by atoms with van der Waals surface area (Å²) < 4.78 is 26.6. The molecule has 0 aliphatic carbocycles. The van der Waals surface area contributed by atoms with Crippen LogP contribution in [-0.2, 0) is 42.9 Å². The highest BCUT2D eigenvalue weighted by molar-refractivity contribution is 5.84. The van der Waals surface area contributed by atoms with Gasteiger partial charge in [0.1, 0.15) is 18.3 Å². The zero-order chi connectivity index (χ0) is 31.0. The Morgan fingerprint density at radius 3 is 1.60 bits per heavy atom. The number of hydrazine groups is 1. The lowest BCUT2D eigenvalue weighted by atomic mass is 10.1. The van der Waals surface area contributed by atoms with Crippen LogP contribution in [0.5, 0.6) is 0 Å². The van der Waals surface area contributed by atoms with Crippen LogP contribution < -0.4 is 27.2 Å². The number of amides is 4. The summed E-state index contributed by atoms with van der Waals surface area (Å²) in [4.78, 5) is 46.2. The highest BCUT2D eigenvalue weighted by Gasteiger charge is 2.38. The summed E-state index contributed by atoms with van der Waals surface area (Å²) in [5, 5.41) is 36.7. The molecule has 1 fully saturated rings. The van der Waals surface area contributed by atoms with Crippen molar-refractivity contribution in [3.63, 3.8) is 0 Å². The summed E-state index contributed by atoms with van der Waals surface area (Å²) in [6.07, 6.45) is -3.63. The molecular weight excluding hydrogens is 562 g/mol. The van der Waals surface area contributed by atoms with Gasteiger partial charge in [-0.15, -0.1) is 0 Å². The highest BCUT2D eigenvalue weighted by Crippen LogP contribution is 2.16. The first-order chi connectivity index (χ1) is 20.2. The smallest absolute Gasteiger partial charge is 0.234 e. The first-order valence-electron chi connectivity index (χ1n) is 14.0. The Morgan fingerprint density at radius 1 is 0.643 bits per heavy atom. The lowest BCUT2D eigenvalue weighted by Gasteiger charge is -2.34. The van der Waals surface area contributed by atoms with Crippen molar-refractivity contribution in [2.24, 2.45) is 5.84 Å². The van der Waals surface area contributed by atoms with Crippen LogP contribution in [0.2, 0.25) is 0 Å². The Bertz CT molecular complexity index is 778. The predicted octanol–water partition coefficient (Wildman–Crippen LogP) is -3.83. The fourth-order valence-electron chi connectivity index (χ4n) is 3.43. The van der Waals surface area contributed by atoms with E-state index in [-0.39, 0.29) is 69.1 Å². The van der Waals surface area contributed by atoms with Gasteiger partial charge < -0.3 is 55.0 Å². The fourth-order valence-corrected chi connectivity index (χ4v) is 3.43. The summed E-state index contributed by atoms with van der Waals surface area (Å²) in [5.41, 5.74) is 1.96. The Labute approximate surface area is 245 Å². The lowest BCUT2D eigenvalue weighted by molar-refractivity contribution is -0.269. The SMILES string of the molecule is NNC(=O)CCC(=O)NCCCOCCOCCOCCCNC(=O)CCC(=O)NCCO[C@H]1OC[C@@H](O)[C@H](O)[C@H]1O. The van der Waals surface area contributed by atoms with E-state index in [0.717, 1.165) is 0 Å². The number of nitrogens with one attached hydrogen (secondary N) is 4. The molecule has 0 unspecified atom stereocenters. The van der Waals surface area contributed by atoms with E-state index in [1.807, 2.05) is 5.43 Å². The van der Waals surface area contributed by atoms with Gasteiger partial charge in [0, 0.05) is 58.5 Å². The van der Waals surface area contributed by atoms with Crippen molar-refractivity contribution < 1.29 is 58.2 Å². The van der Waals surface area contributed by atoms with Gasteiger partial charge in [0.25, 0.3) is 0 Å². The number of aliphatic hydroxyl groups is 3. The molecule has 17 heteroatoms. The van der Waals surface area contributed by atoms with E-state index in [4.69, 9.17) is 29.5 Å². The van der Waals surface area contributed by atoms with Gasteiger partial charge in [-0.1, -0.05) is 0 Å². The zero-order valence-corrected chi connectivity index (χ0v) is 23.9. The van der Waals surface area contributed by atoms with Crippen LogP contribution in [0, 0.1) is 0 Å². The second-order valence-electron chi connectivity index (χ2n) is 9.28. The second kappa shape index (κ2) is 24.0. The molecule has 1 aliphatic heterocycles. The molecule has 0 aromatic heterocycles. The molecule has 0 radical (unpaired) electrons. The summed E-state index contributed by atoms with van der Waals surface area (Å²) in [6.45, 7) is 3.39. The second-order valence-corrected chi connectivity index (χ2v) is 9.28. The molecule has 0 bridgehead atoms. The molecule has 1 saturated heterocycles. The van der Waals surface area contributed by atoms with Crippen LogP contribution in [0.1, 0.15) is 38.5 Å². The maximum absolute atomic E-state index is 11.9. The molecule has 17 nitrogen and oxygen atoms in total. The van der Waals surface area contributed by atoms with E-state index >= 15 is 0 Å². The largest absolute Gasteiger partial charge is 0.388 e. The molecule has 4 amide bonds. The Morgan fingerprint density at radius 2 is 1.10 bits per heavy atom. The van der Waals surface area contributed by atoms with E-state index in [1.54, 1.807) is 0 Å². The molecule has 42 heavy (non-hydrogen) atoms. The standard InChI is InChI=1S/C25H47N5O12/c26-30-22(35)6-5-20(33)28-8-2-11-39-14-16-40-15-13-38-10-1-7-27-19(32)3-4-21(34)29-9-12-41-25-24(37)23(36)18(31)17-42-25/h18,23-25,31,36-37H,1-17,26H2,(H,27,32)(H,28,33)(H,29,34)(H,30,35)/t18-,23+,24-,25+/m1/s1. The number of ether oxygens (including phenoxy) is 5. The van der Waals surface area contributed by atoms with Crippen molar-refractivity contribution in [2.75, 3.05) is 72.5 Å². The first kappa shape index (κ1) is 37.5. The third-order valence-corrected chi connectivity index (χ3v) is 5.80. The van der Waals surface area contributed by atoms with Gasteiger partial charge >= 0.3 is 0 Å². The summed E-state index contributed by atoms with van der Waals surface area (Å²) in [6, 6.07) is 0. The van der Waals surface area contributed by atoms with Gasteiger partial charge in [-0.2, -0.15) is 0 Å². The third kappa shape index (κ3) is 18.9. The van der Waals surface area contributed by atoms with Crippen molar-refractivity contribution >= 4 is 23.6 Å². The quantitative estimate of drug-likeness (QED) is 0.0226. The van der Waals surface area contributed by atoms with Crippen molar-refractivity contribution in [3.8, 4) is 0 Å². The zero-order valence-electron chi connectivity index (χ0n) is 23.9. The summed E-state index contributed by atoms with van der Waals surface area (Å²) in [5.74, 6) is 3.75. The van der Waals surface area contributed by atoms with Gasteiger partial charge in [-0.3, -0.25) is 24.6 Å². The minimum Gasteiger partial charge on any atom is -0.388 e. The van der Waals surface area contributed by atoms with Crippen LogP contribution in [-0.4, -0.2) is 136 Å². The predicted molar refractivity (Wildman–Crippen MR) is 145 cm³/mol. The fraction of sp³-hybridized carbons (Fsp3) is 0.840. The van der Waals surface area contributed by atoms with Crippen LogP contribution in [0.4, 0.5) is 0 Å². The Hall–Kier alpha value is -2.48. The first-order valence-corrected chi connectivity index (χ1v) is 14.0. The van der Waals surface area contributed by atoms with Crippen molar-refractivity contribution in [1.82, 2.24) is 21.4 Å². The molecule has 0 spiro atoms. The number of nitrogens with two attached hydrogens (primary N) is 1. The van der Waals surface area contributed by atoms with Crippen molar-refractivity contribution in [3.05, 3.63) is 0 Å². The molecule has 244 valence electrons. The molecule has 0 saturated carbocycles. The minimum atomic E-state index is -1.39. The summed E-state index contributed by atoms with van der Waals surface area (Å²) >= 11 is 0. The van der Waals surface area contributed by atoms with E-state index in [2.05, 4.69) is 16.0 Å². The number of hydrogen-bond acceptors (Lipinski definition) is 13. The molecule has 4 atom stereocenters. The summed E-state index contributed by atoms with van der Waals surface area (Å²) in [7, 11) is 0. The Kier molecular flexibility index (Phi) is 21.5. The lowest BCUT2D eigenvalue weighted by Crippen LogP contribution is -2.54. The molecule has 1 aliphatic rings. The highest BCUT2D eigenvalue weighted by atomic mass is 16.7. The topological polar surface area (TPSA) is 249 Å². The van der Waals surface area contributed by atoms with Crippen LogP contribution in [0.25, 0.3) is 0 Å². The molecule has 0 aromatic rings. The van der Waals surface area contributed by atoms with Crippen LogP contribution >= 0.6 is 0 Å². The average molecular weight is 610 g/mol. The van der Waals surface area contributed by atoms with Crippen LogP contribution in [0.3, 0.4) is 0 Å². The van der Waals surface area contributed by atoms with Gasteiger partial charge in [-0.05, 0) is 12.8 Å². The van der Waals surface area contributed by atoms with Crippen LogP contribution in [0.15, 0.2) is 0 Å². The van der Waals surface area contributed by atoms with Gasteiger partial charge in [-0.25, -0.2) is 5.84 Å². The van der Waals surface area contributed by atoms with E-state index in [0.29, 0.717) is 65.6 Å². The molecule has 0 aromatic carbocycles. The van der Waals surface area contributed by atoms with Gasteiger partial charge in [0.2, 0.25) is 23.6 Å². The van der Waals surface area contributed by atoms with Crippen molar-refractivity contribution in [1.29, 1.82) is 0 Å². The molecule has 1 heterocycles. The minimum absolute atomic E-state index is 0.00427. The number of aliphatic hydroxyl groups excluding tert-OH is 3. The number of rotatable bonds is 24. The van der Waals surface area contributed by atoms with Gasteiger partial charge in [0.15, 0.2) is 6.29 Å². The number of carbonyl (C=O) groups excluding carboxylic acids is 4. The number of carbonyl (C=O) groups is 4. The molecule has 1 rings (SSSR count). The van der Waals surface area contributed by atoms with E-state index < -0.39 is 24.6 Å². The maximum Gasteiger partial charge on any atom is 0.234 e. The average Bonchev–Trinajstić information content (AvgIpc) is 2.98. The molecular formula is C25H47N5O12. The van der Waals surface area contributed by atoms with Gasteiger partial charge in [0.05, 0.1) is 39.6 Å². The number of hydrogen-bond donors (Lipinski definition) is 8.